The van der Waals surface area contributed by atoms with Crippen LogP contribution in [0.15, 0.2) is 42.1 Å². The van der Waals surface area contributed by atoms with Crippen molar-refractivity contribution in [3.05, 3.63) is 48.3 Å². The molecule has 1 N–H and O–H groups in total. The van der Waals surface area contributed by atoms with Crippen LogP contribution in [0, 0.1) is 23.2 Å². The molecule has 4 bridgehead atoms. The van der Waals surface area contributed by atoms with E-state index in [-0.39, 0.29) is 5.91 Å². The maximum atomic E-state index is 12.6. The number of anilines is 1. The predicted octanol–water partition coefficient (Wildman–Crippen LogP) is 6.08. The first-order chi connectivity index (χ1) is 15.9. The number of carbonyl (C=O) groups is 1. The number of aromatic nitrogens is 3. The second-order valence-electron chi connectivity index (χ2n) is 11.0. The van der Waals surface area contributed by atoms with Crippen LogP contribution in [0.25, 0.3) is 0 Å². The Morgan fingerprint density at radius 2 is 1.79 bits per heavy atom. The van der Waals surface area contributed by atoms with E-state index in [1.807, 2.05) is 18.2 Å². The summed E-state index contributed by atoms with van der Waals surface area (Å²) in [6.07, 6.45) is 11.4. The van der Waals surface area contributed by atoms with Crippen molar-refractivity contribution in [2.75, 3.05) is 11.1 Å². The molecule has 1 aromatic heterocycles. The molecule has 1 heterocycles. The average Bonchev–Trinajstić information content (AvgIpc) is 3.12. The Hall–Kier alpha value is -2.08. The maximum Gasteiger partial charge on any atom is 0.234 e. The summed E-state index contributed by atoms with van der Waals surface area (Å²) in [4.78, 5) is 12.6. The smallest absolute Gasteiger partial charge is 0.234 e. The summed E-state index contributed by atoms with van der Waals surface area (Å²) in [6, 6.07) is 8.10. The van der Waals surface area contributed by atoms with Crippen molar-refractivity contribution in [3.8, 4) is 0 Å². The first-order valence-corrected chi connectivity index (χ1v) is 13.5. The molecule has 0 saturated heterocycles. The van der Waals surface area contributed by atoms with Gasteiger partial charge in [-0.1, -0.05) is 43.8 Å². The molecule has 0 radical (unpaired) electrons. The lowest BCUT2D eigenvalue weighted by Gasteiger charge is -2.56. The van der Waals surface area contributed by atoms with Crippen molar-refractivity contribution in [3.63, 3.8) is 0 Å². The van der Waals surface area contributed by atoms with Gasteiger partial charge in [-0.3, -0.25) is 4.79 Å². The van der Waals surface area contributed by atoms with Gasteiger partial charge in [0.25, 0.3) is 0 Å². The number of rotatable bonds is 9. The van der Waals surface area contributed by atoms with Gasteiger partial charge >= 0.3 is 0 Å². The lowest BCUT2D eigenvalue weighted by atomic mass is 9.49. The summed E-state index contributed by atoms with van der Waals surface area (Å²) < 4.78 is 2.18. The van der Waals surface area contributed by atoms with Crippen LogP contribution in [0.4, 0.5) is 5.69 Å². The van der Waals surface area contributed by atoms with Crippen LogP contribution in [-0.4, -0.2) is 26.4 Å². The van der Waals surface area contributed by atoms with Crippen LogP contribution in [0.5, 0.6) is 0 Å². The third kappa shape index (κ3) is 4.91. The molecule has 0 unspecified atom stereocenters. The molecule has 0 spiro atoms. The van der Waals surface area contributed by atoms with Crippen molar-refractivity contribution >= 4 is 23.4 Å². The third-order valence-corrected chi connectivity index (χ3v) is 8.96. The van der Waals surface area contributed by atoms with Gasteiger partial charge in [-0.05, 0) is 85.3 Å². The summed E-state index contributed by atoms with van der Waals surface area (Å²) in [5.41, 5.74) is 2.52. The maximum absolute atomic E-state index is 12.6. The predicted molar refractivity (Wildman–Crippen MR) is 134 cm³/mol. The molecule has 33 heavy (non-hydrogen) atoms. The van der Waals surface area contributed by atoms with E-state index in [1.54, 1.807) is 0 Å². The van der Waals surface area contributed by atoms with Crippen LogP contribution in [0.3, 0.4) is 0 Å². The van der Waals surface area contributed by atoms with Gasteiger partial charge in [0.1, 0.15) is 5.82 Å². The fourth-order valence-corrected chi connectivity index (χ4v) is 7.76. The lowest BCUT2D eigenvalue weighted by Crippen LogP contribution is -2.47. The van der Waals surface area contributed by atoms with Crippen molar-refractivity contribution < 1.29 is 4.79 Å². The number of nitrogens with zero attached hydrogens (tertiary/aromatic N) is 3. The molecule has 4 aliphatic carbocycles. The number of hydrogen-bond acceptors (Lipinski definition) is 4. The Kier molecular flexibility index (Phi) is 6.39. The molecular formula is C27H36N4OS. The van der Waals surface area contributed by atoms with Crippen LogP contribution in [0.1, 0.15) is 69.7 Å². The zero-order chi connectivity index (χ0) is 23.0. The van der Waals surface area contributed by atoms with Gasteiger partial charge < -0.3 is 9.88 Å². The average molecular weight is 465 g/mol. The van der Waals surface area contributed by atoms with Gasteiger partial charge in [0.05, 0.1) is 5.75 Å². The summed E-state index contributed by atoms with van der Waals surface area (Å²) >= 11 is 1.47. The Morgan fingerprint density at radius 1 is 1.15 bits per heavy atom. The molecule has 0 atom stereocenters. The quantitative estimate of drug-likeness (QED) is 0.361. The van der Waals surface area contributed by atoms with Gasteiger partial charge in [0.15, 0.2) is 5.16 Å². The molecule has 1 amide bonds. The van der Waals surface area contributed by atoms with Crippen molar-refractivity contribution in [2.24, 2.45) is 23.2 Å². The zero-order valence-electron chi connectivity index (χ0n) is 19.9. The second-order valence-corrected chi connectivity index (χ2v) is 11.9. The van der Waals surface area contributed by atoms with Crippen molar-refractivity contribution in [2.45, 2.75) is 76.4 Å². The van der Waals surface area contributed by atoms with Gasteiger partial charge in [-0.15, -0.1) is 16.8 Å². The number of benzene rings is 1. The second kappa shape index (κ2) is 9.28. The monoisotopic (exact) mass is 464 g/mol. The molecule has 2 aromatic rings. The van der Waals surface area contributed by atoms with Crippen LogP contribution >= 0.6 is 11.8 Å². The van der Waals surface area contributed by atoms with Gasteiger partial charge in [0, 0.05) is 18.7 Å². The highest BCUT2D eigenvalue weighted by atomic mass is 32.2. The normalized spacial score (nSPS) is 27.8. The van der Waals surface area contributed by atoms with E-state index in [0.29, 0.717) is 23.6 Å². The molecular weight excluding hydrogens is 428 g/mol. The standard InChI is InChI=1S/C27H36N4OS/c1-4-9-31-24(16-27-13-19-10-20(14-27)12-21(11-19)15-27)29-30-26(31)33-17-25(32)28-23-7-5-22(6-8-23)18(2)3/h4-8,18-21H,1,9-17H2,2-3H3,(H,28,32). The summed E-state index contributed by atoms with van der Waals surface area (Å²) in [7, 11) is 0. The van der Waals surface area contributed by atoms with Gasteiger partial charge in [-0.25, -0.2) is 0 Å². The Bertz CT molecular complexity index is 974. The summed E-state index contributed by atoms with van der Waals surface area (Å²) in [5.74, 6) is 4.64. The first kappa shape index (κ1) is 22.7. The Morgan fingerprint density at radius 3 is 2.36 bits per heavy atom. The molecule has 4 saturated carbocycles. The minimum absolute atomic E-state index is 0.0203. The number of nitrogens with one attached hydrogen (secondary N) is 1. The van der Waals surface area contributed by atoms with E-state index < -0.39 is 0 Å². The van der Waals surface area contributed by atoms with Crippen molar-refractivity contribution in [1.29, 1.82) is 0 Å². The van der Waals surface area contributed by atoms with Crippen LogP contribution in [0.2, 0.25) is 0 Å². The zero-order valence-corrected chi connectivity index (χ0v) is 20.7. The van der Waals surface area contributed by atoms with E-state index >= 15 is 0 Å². The van der Waals surface area contributed by atoms with Crippen LogP contribution < -0.4 is 5.32 Å². The fourth-order valence-electron chi connectivity index (χ4n) is 6.99. The van der Waals surface area contributed by atoms with E-state index in [0.717, 1.165) is 40.8 Å². The van der Waals surface area contributed by atoms with E-state index in [2.05, 4.69) is 52.6 Å². The fraction of sp³-hybridized carbons (Fsp3) is 0.593. The highest BCUT2D eigenvalue weighted by Crippen LogP contribution is 2.61. The third-order valence-electron chi connectivity index (χ3n) is 8.00. The largest absolute Gasteiger partial charge is 0.325 e. The van der Waals surface area contributed by atoms with Crippen LogP contribution in [-0.2, 0) is 17.8 Å². The minimum Gasteiger partial charge on any atom is -0.325 e. The Labute approximate surface area is 201 Å². The molecule has 176 valence electrons. The molecule has 6 heteroatoms. The van der Waals surface area contributed by atoms with Gasteiger partial charge in [-0.2, -0.15) is 0 Å². The highest BCUT2D eigenvalue weighted by molar-refractivity contribution is 7.99. The summed E-state index contributed by atoms with van der Waals surface area (Å²) in [6.45, 7) is 8.98. The minimum atomic E-state index is -0.0203. The van der Waals surface area contributed by atoms with E-state index in [9.17, 15) is 4.79 Å². The van der Waals surface area contributed by atoms with E-state index in [4.69, 9.17) is 0 Å². The SMILES string of the molecule is C=CCn1c(CC23CC4CC(CC(C4)C2)C3)nnc1SCC(=O)Nc1ccc(C(C)C)cc1. The molecule has 1 aromatic carbocycles. The van der Waals surface area contributed by atoms with Gasteiger partial charge in [0.2, 0.25) is 5.91 Å². The number of allylic oxidation sites excluding steroid dienone is 1. The highest BCUT2D eigenvalue weighted by Gasteiger charge is 2.51. The molecule has 4 fully saturated rings. The Balaban J connectivity index is 1.23. The topological polar surface area (TPSA) is 59.8 Å². The lowest BCUT2D eigenvalue weighted by molar-refractivity contribution is -0.113. The number of thioether (sulfide) groups is 1. The number of hydrogen-bond donors (Lipinski definition) is 1. The molecule has 0 aliphatic heterocycles. The summed E-state index contributed by atoms with van der Waals surface area (Å²) in [5, 5.41) is 12.9. The molecule has 4 aliphatic rings. The number of amides is 1. The first-order valence-electron chi connectivity index (χ1n) is 12.5. The number of carbonyl (C=O) groups excluding carboxylic acids is 1. The molecule has 6 rings (SSSR count). The molecule has 5 nitrogen and oxygen atoms in total. The van der Waals surface area contributed by atoms with E-state index in [1.165, 1.54) is 55.9 Å². The van der Waals surface area contributed by atoms with Crippen molar-refractivity contribution in [1.82, 2.24) is 14.8 Å².